The van der Waals surface area contributed by atoms with E-state index in [9.17, 15) is 0 Å². The maximum atomic E-state index is 2.61. The molecule has 0 aromatic heterocycles. The number of hydrogen-bond acceptors (Lipinski definition) is 0. The molecule has 0 radical (unpaired) electrons. The molecule has 0 heterocycles. The average Bonchev–Trinajstić information content (AvgIpc) is 3.48. The topological polar surface area (TPSA) is 0 Å². The molecule has 5 aliphatic carbocycles. The summed E-state index contributed by atoms with van der Waals surface area (Å²) in [5.41, 5.74) is 22.5. The molecule has 2 unspecified atom stereocenters. The van der Waals surface area contributed by atoms with Gasteiger partial charge >= 0.3 is 0 Å². The second-order valence-electron chi connectivity index (χ2n) is 16.5. The van der Waals surface area contributed by atoms with Crippen LogP contribution in [-0.2, 0) is 10.8 Å². The molecule has 0 amide bonds. The maximum Gasteiger partial charge on any atom is 0.0162 e. The van der Waals surface area contributed by atoms with E-state index in [0.29, 0.717) is 11.8 Å². The summed E-state index contributed by atoms with van der Waals surface area (Å²) in [4.78, 5) is 0. The van der Waals surface area contributed by atoms with Crippen LogP contribution in [0.5, 0.6) is 0 Å². The van der Waals surface area contributed by atoms with E-state index in [-0.39, 0.29) is 16.2 Å². The van der Waals surface area contributed by atoms with Crippen molar-refractivity contribution in [3.05, 3.63) is 153 Å². The van der Waals surface area contributed by atoms with Gasteiger partial charge in [0, 0.05) is 22.7 Å². The standard InChI is InChI=1S/C47H46.C2H6/c1-28-15-14-20-33-36(25-28)45(2,3)42-39(33)43-41(35-24-22-31(26-37(35)46(43,4)5)29-16-10-8-11-17-29)44-40(42)34-23-21-32(27-38(34)47(44,6)7)30-18-12-9-13-19-30;1-2/h8-13,16-19,21-27,39,43H,14-15,20H2,1-7H3;1-2H3. The highest BCUT2D eigenvalue weighted by Gasteiger charge is 2.61. The molecule has 0 N–H and O–H groups in total. The lowest BCUT2D eigenvalue weighted by atomic mass is 9.59. The van der Waals surface area contributed by atoms with Gasteiger partial charge in [-0.25, -0.2) is 0 Å². The summed E-state index contributed by atoms with van der Waals surface area (Å²) in [5.74, 6) is 0.840. The van der Waals surface area contributed by atoms with Crippen LogP contribution in [0.1, 0.15) is 104 Å². The second-order valence-corrected chi connectivity index (χ2v) is 16.5. The first kappa shape index (κ1) is 32.1. The fourth-order valence-corrected chi connectivity index (χ4v) is 10.7. The minimum atomic E-state index is -0.112. The summed E-state index contributed by atoms with van der Waals surface area (Å²) < 4.78 is 0. The molecular formula is C49H52. The Bertz CT molecular complexity index is 2120. The van der Waals surface area contributed by atoms with Crippen LogP contribution in [0.25, 0.3) is 33.4 Å². The van der Waals surface area contributed by atoms with E-state index in [4.69, 9.17) is 0 Å². The highest BCUT2D eigenvalue weighted by Crippen LogP contribution is 2.72. The normalized spacial score (nSPS) is 23.3. The summed E-state index contributed by atoms with van der Waals surface area (Å²) in [5, 5.41) is 0. The largest absolute Gasteiger partial charge is 0.0730 e. The van der Waals surface area contributed by atoms with Gasteiger partial charge in [0.1, 0.15) is 0 Å². The van der Waals surface area contributed by atoms with Crippen molar-refractivity contribution in [2.75, 3.05) is 0 Å². The Kier molecular flexibility index (Phi) is 7.32. The molecule has 4 aromatic rings. The van der Waals surface area contributed by atoms with Gasteiger partial charge in [0.25, 0.3) is 0 Å². The van der Waals surface area contributed by atoms with Crippen LogP contribution < -0.4 is 0 Å². The van der Waals surface area contributed by atoms with E-state index in [0.717, 1.165) is 0 Å². The third-order valence-corrected chi connectivity index (χ3v) is 12.8. The predicted molar refractivity (Wildman–Crippen MR) is 210 cm³/mol. The number of rotatable bonds is 2. The van der Waals surface area contributed by atoms with E-state index in [1.807, 2.05) is 13.8 Å². The van der Waals surface area contributed by atoms with Crippen molar-refractivity contribution >= 4 is 11.1 Å². The smallest absolute Gasteiger partial charge is 0.0162 e. The molecule has 0 bridgehead atoms. The Balaban J connectivity index is 0.00000171. The lowest BCUT2D eigenvalue weighted by molar-refractivity contribution is 0.331. The van der Waals surface area contributed by atoms with Gasteiger partial charge in [-0.05, 0) is 116 Å². The van der Waals surface area contributed by atoms with Crippen LogP contribution in [0.3, 0.4) is 0 Å². The van der Waals surface area contributed by atoms with Crippen molar-refractivity contribution in [2.45, 2.75) is 92.4 Å². The van der Waals surface area contributed by atoms with Crippen molar-refractivity contribution in [1.29, 1.82) is 0 Å². The molecule has 0 nitrogen and oxygen atoms in total. The van der Waals surface area contributed by atoms with Crippen LogP contribution in [0, 0.1) is 17.3 Å². The minimum Gasteiger partial charge on any atom is -0.0730 e. The highest BCUT2D eigenvalue weighted by molar-refractivity contribution is 6.05. The highest BCUT2D eigenvalue weighted by atomic mass is 14.6. The fraction of sp³-hybridized carbons (Fsp3) is 0.347. The van der Waals surface area contributed by atoms with Crippen LogP contribution in [-0.4, -0.2) is 0 Å². The van der Waals surface area contributed by atoms with Crippen molar-refractivity contribution in [2.24, 2.45) is 17.3 Å². The van der Waals surface area contributed by atoms with Crippen LogP contribution in [0.4, 0.5) is 0 Å². The van der Waals surface area contributed by atoms with E-state index < -0.39 is 0 Å². The molecule has 0 spiro atoms. The van der Waals surface area contributed by atoms with Crippen LogP contribution in [0.2, 0.25) is 0 Å². The van der Waals surface area contributed by atoms with Gasteiger partial charge in [-0.2, -0.15) is 0 Å². The Morgan fingerprint density at radius 3 is 1.78 bits per heavy atom. The van der Waals surface area contributed by atoms with E-state index in [2.05, 4.69) is 152 Å². The average molecular weight is 641 g/mol. The van der Waals surface area contributed by atoms with Crippen molar-refractivity contribution in [3.8, 4) is 22.3 Å². The number of allylic oxidation sites excluding steroid dienone is 8. The summed E-state index contributed by atoms with van der Waals surface area (Å²) in [6.07, 6.45) is 6.28. The molecule has 0 saturated carbocycles. The summed E-state index contributed by atoms with van der Waals surface area (Å²) >= 11 is 0. The molecule has 0 saturated heterocycles. The summed E-state index contributed by atoms with van der Waals surface area (Å²) in [7, 11) is 0. The third-order valence-electron chi connectivity index (χ3n) is 12.8. The molecular weight excluding hydrogens is 589 g/mol. The SMILES string of the molecule is CC.CC1=CC2=C(CCC1)C1C(=C3C(=C4c5ccc(-c6ccccc6)cc5C(C)(C)C41)C(C)(C)c1cc(-c4ccccc4)ccc13)C2(C)C. The molecule has 4 aromatic carbocycles. The first-order valence-electron chi connectivity index (χ1n) is 18.8. The Morgan fingerprint density at radius 1 is 0.592 bits per heavy atom. The van der Waals surface area contributed by atoms with Gasteiger partial charge in [0.15, 0.2) is 0 Å². The molecule has 248 valence electrons. The number of hydrogen-bond donors (Lipinski definition) is 0. The van der Waals surface area contributed by atoms with Crippen LogP contribution in [0.15, 0.2) is 131 Å². The van der Waals surface area contributed by atoms with Crippen molar-refractivity contribution < 1.29 is 0 Å². The monoisotopic (exact) mass is 640 g/mol. The van der Waals surface area contributed by atoms with Gasteiger partial charge in [0.2, 0.25) is 0 Å². The van der Waals surface area contributed by atoms with Crippen molar-refractivity contribution in [3.63, 3.8) is 0 Å². The molecule has 0 heteroatoms. The van der Waals surface area contributed by atoms with Gasteiger partial charge in [-0.1, -0.05) is 158 Å². The number of fused-ring (bicyclic) bond motifs is 9. The molecule has 5 aliphatic rings. The maximum absolute atomic E-state index is 2.61. The zero-order chi connectivity index (χ0) is 34.5. The molecule has 9 rings (SSSR count). The lowest BCUT2D eigenvalue weighted by Crippen LogP contribution is -2.36. The third kappa shape index (κ3) is 4.42. The quantitative estimate of drug-likeness (QED) is 0.204. The zero-order valence-electron chi connectivity index (χ0n) is 31.1. The van der Waals surface area contributed by atoms with E-state index >= 15 is 0 Å². The first-order valence-corrected chi connectivity index (χ1v) is 18.8. The summed E-state index contributed by atoms with van der Waals surface area (Å²) in [6, 6.07) is 36.7. The second kappa shape index (κ2) is 11.2. The lowest BCUT2D eigenvalue weighted by Gasteiger charge is -2.44. The Hall–Kier alpha value is -4.16. The molecule has 0 aliphatic heterocycles. The van der Waals surface area contributed by atoms with Gasteiger partial charge in [-0.3, -0.25) is 0 Å². The van der Waals surface area contributed by atoms with Crippen LogP contribution >= 0.6 is 0 Å². The molecule has 0 fully saturated rings. The van der Waals surface area contributed by atoms with Gasteiger partial charge in [0.05, 0.1) is 0 Å². The summed E-state index contributed by atoms with van der Waals surface area (Å²) in [6.45, 7) is 21.6. The predicted octanol–water partition coefficient (Wildman–Crippen LogP) is 13.5. The van der Waals surface area contributed by atoms with Crippen molar-refractivity contribution in [1.82, 2.24) is 0 Å². The Morgan fingerprint density at radius 2 is 1.16 bits per heavy atom. The fourth-order valence-electron chi connectivity index (χ4n) is 10.7. The van der Waals surface area contributed by atoms with E-state index in [1.54, 1.807) is 39.0 Å². The minimum absolute atomic E-state index is 0.00640. The first-order chi connectivity index (χ1) is 23.5. The number of benzene rings is 4. The molecule has 49 heavy (non-hydrogen) atoms. The molecule has 2 atom stereocenters. The Labute approximate surface area is 295 Å². The van der Waals surface area contributed by atoms with E-state index in [1.165, 1.54) is 63.8 Å². The van der Waals surface area contributed by atoms with Gasteiger partial charge in [-0.15, -0.1) is 0 Å². The van der Waals surface area contributed by atoms with Gasteiger partial charge < -0.3 is 0 Å². The zero-order valence-corrected chi connectivity index (χ0v) is 31.1.